The summed E-state index contributed by atoms with van der Waals surface area (Å²) in [5.74, 6) is -0.859. The molecule has 0 aromatic heterocycles. The summed E-state index contributed by atoms with van der Waals surface area (Å²) in [6.07, 6.45) is 1.10. The lowest BCUT2D eigenvalue weighted by atomic mass is 9.84. The summed E-state index contributed by atoms with van der Waals surface area (Å²) in [7, 11) is 0. The van der Waals surface area contributed by atoms with Gasteiger partial charge in [-0.2, -0.15) is 0 Å². The van der Waals surface area contributed by atoms with Crippen molar-refractivity contribution in [3.8, 4) is 0 Å². The van der Waals surface area contributed by atoms with E-state index in [1.54, 1.807) is 0 Å². The van der Waals surface area contributed by atoms with Crippen LogP contribution >= 0.6 is 0 Å². The second-order valence-corrected chi connectivity index (χ2v) is 6.46. The second kappa shape index (κ2) is 8.79. The Morgan fingerprint density at radius 2 is 1.52 bits per heavy atom. The van der Waals surface area contributed by atoms with Gasteiger partial charge in [-0.25, -0.2) is 0 Å². The normalized spacial score (nSPS) is 23.2. The number of carbonyl (C=O) groups is 1. The zero-order valence-corrected chi connectivity index (χ0v) is 14.2. The SMILES string of the molecule is O=C(OCc1ccccc1)C1CCC[C@H](OCc2ccccc2)[C@@H]1O. The van der Waals surface area contributed by atoms with Gasteiger partial charge in [-0.15, -0.1) is 0 Å². The van der Waals surface area contributed by atoms with Crippen molar-refractivity contribution in [3.05, 3.63) is 71.8 Å². The lowest BCUT2D eigenvalue weighted by molar-refractivity contribution is -0.164. The molecule has 1 fully saturated rings. The molecule has 0 saturated heterocycles. The van der Waals surface area contributed by atoms with Crippen molar-refractivity contribution in [2.45, 2.75) is 44.7 Å². The molecular weight excluding hydrogens is 316 g/mol. The summed E-state index contributed by atoms with van der Waals surface area (Å²) in [4.78, 5) is 12.4. The van der Waals surface area contributed by atoms with Crippen molar-refractivity contribution in [2.24, 2.45) is 5.92 Å². The number of hydrogen-bond donors (Lipinski definition) is 1. The third-order valence-corrected chi connectivity index (χ3v) is 4.63. The molecule has 1 aliphatic carbocycles. The Hall–Kier alpha value is -2.17. The van der Waals surface area contributed by atoms with Crippen LogP contribution in [0.4, 0.5) is 0 Å². The van der Waals surface area contributed by atoms with Gasteiger partial charge in [0.2, 0.25) is 0 Å². The van der Waals surface area contributed by atoms with E-state index in [2.05, 4.69) is 0 Å². The molecule has 0 aliphatic heterocycles. The quantitative estimate of drug-likeness (QED) is 0.818. The summed E-state index contributed by atoms with van der Waals surface area (Å²) < 4.78 is 11.3. The Morgan fingerprint density at radius 1 is 0.920 bits per heavy atom. The van der Waals surface area contributed by atoms with Crippen LogP contribution in [0.3, 0.4) is 0 Å². The minimum Gasteiger partial charge on any atom is -0.461 e. The van der Waals surface area contributed by atoms with Crippen LogP contribution in [0.1, 0.15) is 30.4 Å². The van der Waals surface area contributed by atoms with Crippen LogP contribution in [0.2, 0.25) is 0 Å². The number of carbonyl (C=O) groups excluding carboxylic acids is 1. The highest BCUT2D eigenvalue weighted by Crippen LogP contribution is 2.29. The van der Waals surface area contributed by atoms with Crippen molar-refractivity contribution >= 4 is 5.97 Å². The van der Waals surface area contributed by atoms with Gasteiger partial charge in [0.1, 0.15) is 6.61 Å². The molecule has 0 bridgehead atoms. The van der Waals surface area contributed by atoms with Gasteiger partial charge in [0.05, 0.1) is 24.7 Å². The molecule has 0 amide bonds. The first kappa shape index (κ1) is 17.6. The first-order valence-electron chi connectivity index (χ1n) is 8.78. The molecule has 3 atom stereocenters. The van der Waals surface area contributed by atoms with Crippen LogP contribution < -0.4 is 0 Å². The van der Waals surface area contributed by atoms with Crippen LogP contribution in [-0.2, 0) is 27.5 Å². The molecule has 0 heterocycles. The van der Waals surface area contributed by atoms with E-state index in [-0.39, 0.29) is 18.7 Å². The summed E-state index contributed by atoms with van der Waals surface area (Å²) in [6.45, 7) is 0.673. The number of esters is 1. The molecule has 1 N–H and O–H groups in total. The number of aliphatic hydroxyl groups excluding tert-OH is 1. The largest absolute Gasteiger partial charge is 0.461 e. The van der Waals surface area contributed by atoms with Crippen molar-refractivity contribution in [3.63, 3.8) is 0 Å². The average Bonchev–Trinajstić information content (AvgIpc) is 2.67. The van der Waals surface area contributed by atoms with Gasteiger partial charge in [-0.3, -0.25) is 4.79 Å². The van der Waals surface area contributed by atoms with Gasteiger partial charge in [0, 0.05) is 0 Å². The number of ether oxygens (including phenoxy) is 2. The van der Waals surface area contributed by atoms with Crippen LogP contribution in [0.15, 0.2) is 60.7 Å². The molecule has 0 spiro atoms. The Kier molecular flexibility index (Phi) is 6.20. The van der Waals surface area contributed by atoms with Crippen molar-refractivity contribution < 1.29 is 19.4 Å². The number of hydrogen-bond acceptors (Lipinski definition) is 4. The predicted molar refractivity (Wildman–Crippen MR) is 94.6 cm³/mol. The van der Waals surface area contributed by atoms with Gasteiger partial charge in [-0.1, -0.05) is 60.7 Å². The maximum atomic E-state index is 12.4. The molecular formula is C21H24O4. The molecule has 132 valence electrons. The van der Waals surface area contributed by atoms with E-state index in [9.17, 15) is 9.90 Å². The zero-order chi connectivity index (χ0) is 17.5. The molecule has 2 aromatic carbocycles. The predicted octanol–water partition coefficient (Wildman–Crippen LogP) is 3.48. The highest BCUT2D eigenvalue weighted by Gasteiger charge is 2.37. The molecule has 2 aromatic rings. The standard InChI is InChI=1S/C21H24O4/c22-20-18(21(23)25-15-17-10-5-2-6-11-17)12-7-13-19(20)24-14-16-8-3-1-4-9-16/h1-6,8-11,18-20,22H,7,12-15H2/t18?,19-,20+/m0/s1. The summed E-state index contributed by atoms with van der Waals surface area (Å²) in [5, 5.41) is 10.5. The Balaban J connectivity index is 1.52. The summed E-state index contributed by atoms with van der Waals surface area (Å²) >= 11 is 0. The maximum absolute atomic E-state index is 12.4. The summed E-state index contributed by atoms with van der Waals surface area (Å²) in [5.41, 5.74) is 2.00. The molecule has 0 radical (unpaired) electrons. The fourth-order valence-corrected chi connectivity index (χ4v) is 3.19. The van der Waals surface area contributed by atoms with Gasteiger partial charge < -0.3 is 14.6 Å². The fraction of sp³-hybridized carbons (Fsp3) is 0.381. The van der Waals surface area contributed by atoms with Crippen LogP contribution in [0, 0.1) is 5.92 Å². The molecule has 1 aliphatic rings. The first-order valence-corrected chi connectivity index (χ1v) is 8.78. The minimum absolute atomic E-state index is 0.235. The fourth-order valence-electron chi connectivity index (χ4n) is 3.19. The van der Waals surface area contributed by atoms with Crippen molar-refractivity contribution in [2.75, 3.05) is 0 Å². The van der Waals surface area contributed by atoms with E-state index in [1.165, 1.54) is 0 Å². The van der Waals surface area contributed by atoms with E-state index < -0.39 is 12.0 Å². The molecule has 4 heteroatoms. The Morgan fingerprint density at radius 3 is 2.16 bits per heavy atom. The second-order valence-electron chi connectivity index (χ2n) is 6.46. The lowest BCUT2D eigenvalue weighted by Gasteiger charge is -2.33. The monoisotopic (exact) mass is 340 g/mol. The zero-order valence-electron chi connectivity index (χ0n) is 14.2. The molecule has 4 nitrogen and oxygen atoms in total. The van der Waals surface area contributed by atoms with Crippen LogP contribution in [0.25, 0.3) is 0 Å². The average molecular weight is 340 g/mol. The minimum atomic E-state index is -0.819. The number of aliphatic hydroxyl groups is 1. The van der Waals surface area contributed by atoms with E-state index in [0.717, 1.165) is 24.0 Å². The Labute approximate surface area is 148 Å². The third kappa shape index (κ3) is 4.91. The molecule has 1 saturated carbocycles. The van der Waals surface area contributed by atoms with Gasteiger partial charge >= 0.3 is 5.97 Å². The maximum Gasteiger partial charge on any atom is 0.312 e. The Bertz CT molecular complexity index is 656. The van der Waals surface area contributed by atoms with E-state index in [4.69, 9.17) is 9.47 Å². The first-order chi connectivity index (χ1) is 12.2. The van der Waals surface area contributed by atoms with Crippen LogP contribution in [-0.4, -0.2) is 23.3 Å². The molecule has 3 rings (SSSR count). The molecule has 25 heavy (non-hydrogen) atoms. The van der Waals surface area contributed by atoms with Crippen LogP contribution in [0.5, 0.6) is 0 Å². The van der Waals surface area contributed by atoms with E-state index >= 15 is 0 Å². The lowest BCUT2D eigenvalue weighted by Crippen LogP contribution is -2.43. The third-order valence-electron chi connectivity index (χ3n) is 4.63. The van der Waals surface area contributed by atoms with E-state index in [0.29, 0.717) is 13.0 Å². The van der Waals surface area contributed by atoms with E-state index in [1.807, 2.05) is 60.7 Å². The van der Waals surface area contributed by atoms with Gasteiger partial charge in [-0.05, 0) is 30.4 Å². The van der Waals surface area contributed by atoms with Crippen molar-refractivity contribution in [1.82, 2.24) is 0 Å². The topological polar surface area (TPSA) is 55.8 Å². The molecule has 1 unspecified atom stereocenters. The highest BCUT2D eigenvalue weighted by atomic mass is 16.5. The number of rotatable bonds is 6. The smallest absolute Gasteiger partial charge is 0.312 e. The summed E-state index contributed by atoms with van der Waals surface area (Å²) in [6, 6.07) is 19.4. The van der Waals surface area contributed by atoms with Crippen molar-refractivity contribution in [1.29, 1.82) is 0 Å². The highest BCUT2D eigenvalue weighted by molar-refractivity contribution is 5.73. The number of benzene rings is 2. The van der Waals surface area contributed by atoms with Gasteiger partial charge in [0.15, 0.2) is 0 Å². The van der Waals surface area contributed by atoms with Gasteiger partial charge in [0.25, 0.3) is 0 Å².